The number of allylic oxidation sites excluding steroid dienone is 3. The van der Waals surface area contributed by atoms with E-state index < -0.39 is 17.9 Å². The lowest BCUT2D eigenvalue weighted by Crippen LogP contribution is -2.16. The molecule has 5 N–H and O–H groups in total. The van der Waals surface area contributed by atoms with Crippen LogP contribution >= 0.6 is 0 Å². The fourth-order valence-electron chi connectivity index (χ4n) is 2.68. The van der Waals surface area contributed by atoms with Crippen LogP contribution in [0.1, 0.15) is 24.0 Å². The van der Waals surface area contributed by atoms with E-state index in [0.29, 0.717) is 5.56 Å². The number of hydrogen-bond donors (Lipinski definition) is 5. The summed E-state index contributed by atoms with van der Waals surface area (Å²) in [4.78, 5) is 21.8. The Morgan fingerprint density at radius 3 is 2.39 bits per heavy atom. The third kappa shape index (κ3) is 3.82. The van der Waals surface area contributed by atoms with Crippen LogP contribution in [0.25, 0.3) is 5.57 Å². The predicted octanol–water partition coefficient (Wildman–Crippen LogP) is 2.22. The summed E-state index contributed by atoms with van der Waals surface area (Å²) in [5, 5.41) is 47.6. The maximum Gasteiger partial charge on any atom is 0.307 e. The molecule has 7 heteroatoms. The molecule has 2 rings (SSSR count). The summed E-state index contributed by atoms with van der Waals surface area (Å²) in [5.41, 5.74) is 0.740. The van der Waals surface area contributed by atoms with E-state index in [4.69, 9.17) is 10.2 Å². The summed E-state index contributed by atoms with van der Waals surface area (Å²) in [6.07, 6.45) is 0.483. The van der Waals surface area contributed by atoms with Gasteiger partial charge in [-0.15, -0.1) is 0 Å². The second-order valence-electron chi connectivity index (χ2n) is 5.36. The van der Waals surface area contributed by atoms with Crippen LogP contribution in [0, 0.1) is 5.92 Å². The molecule has 0 saturated heterocycles. The van der Waals surface area contributed by atoms with Gasteiger partial charge in [0.15, 0.2) is 0 Å². The average Bonchev–Trinajstić information content (AvgIpc) is 2.40. The van der Waals surface area contributed by atoms with E-state index >= 15 is 0 Å². The fourth-order valence-corrected chi connectivity index (χ4v) is 2.68. The third-order valence-corrected chi connectivity index (χ3v) is 3.57. The van der Waals surface area contributed by atoms with Crippen molar-refractivity contribution in [1.29, 1.82) is 0 Å². The first-order chi connectivity index (χ1) is 10.8. The van der Waals surface area contributed by atoms with Crippen LogP contribution in [-0.4, -0.2) is 37.5 Å². The Bertz CT molecular complexity index is 713. The van der Waals surface area contributed by atoms with Gasteiger partial charge in [-0.3, -0.25) is 9.59 Å². The van der Waals surface area contributed by atoms with E-state index in [9.17, 15) is 24.9 Å². The van der Waals surface area contributed by atoms with Crippen molar-refractivity contribution in [2.75, 3.05) is 0 Å². The van der Waals surface area contributed by atoms with Crippen molar-refractivity contribution >= 4 is 17.5 Å². The first kappa shape index (κ1) is 16.4. The zero-order valence-electron chi connectivity index (χ0n) is 12.1. The van der Waals surface area contributed by atoms with Crippen LogP contribution in [0.15, 0.2) is 35.8 Å². The average molecular weight is 320 g/mol. The molecule has 1 aromatic rings. The SMILES string of the molecule is O=C(O)Cc1ccc(O)c(C2=C(O)C=C(O)CC2CC(=O)O)c1. The molecule has 0 heterocycles. The second kappa shape index (κ2) is 6.43. The number of carbonyl (C=O) groups is 2. The molecule has 0 bridgehead atoms. The molecule has 0 aliphatic heterocycles. The van der Waals surface area contributed by atoms with Crippen LogP contribution in [0.3, 0.4) is 0 Å². The minimum absolute atomic E-state index is 0.00823. The number of rotatable bonds is 5. The molecule has 1 aliphatic rings. The van der Waals surface area contributed by atoms with Crippen molar-refractivity contribution in [3.8, 4) is 5.75 Å². The summed E-state index contributed by atoms with van der Waals surface area (Å²) >= 11 is 0. The highest BCUT2D eigenvalue weighted by atomic mass is 16.4. The molecule has 0 fully saturated rings. The van der Waals surface area contributed by atoms with Gasteiger partial charge in [0.1, 0.15) is 11.5 Å². The highest BCUT2D eigenvalue weighted by Crippen LogP contribution is 2.40. The number of benzene rings is 1. The minimum atomic E-state index is -1.11. The zero-order chi connectivity index (χ0) is 17.1. The number of aliphatic hydroxyl groups excluding tert-OH is 2. The van der Waals surface area contributed by atoms with E-state index in [1.807, 2.05) is 0 Å². The molecule has 1 unspecified atom stereocenters. The number of aromatic hydroxyl groups is 1. The Kier molecular flexibility index (Phi) is 4.59. The van der Waals surface area contributed by atoms with E-state index in [-0.39, 0.29) is 47.7 Å². The summed E-state index contributed by atoms with van der Waals surface area (Å²) < 4.78 is 0. The maximum absolute atomic E-state index is 11.0. The molecule has 23 heavy (non-hydrogen) atoms. The molecular formula is C16H16O7. The number of aliphatic hydroxyl groups is 2. The van der Waals surface area contributed by atoms with E-state index in [1.54, 1.807) is 0 Å². The van der Waals surface area contributed by atoms with Crippen LogP contribution in [0.2, 0.25) is 0 Å². The first-order valence-corrected chi connectivity index (χ1v) is 6.86. The van der Waals surface area contributed by atoms with Crippen molar-refractivity contribution in [1.82, 2.24) is 0 Å². The van der Waals surface area contributed by atoms with E-state index in [0.717, 1.165) is 6.08 Å². The van der Waals surface area contributed by atoms with Gasteiger partial charge in [0, 0.05) is 29.6 Å². The minimum Gasteiger partial charge on any atom is -0.512 e. The highest BCUT2D eigenvalue weighted by Gasteiger charge is 2.29. The Hall–Kier alpha value is -2.96. The third-order valence-electron chi connectivity index (χ3n) is 3.57. The summed E-state index contributed by atoms with van der Waals surface area (Å²) in [7, 11) is 0. The Balaban J connectivity index is 2.53. The molecule has 0 amide bonds. The maximum atomic E-state index is 11.0. The van der Waals surface area contributed by atoms with Gasteiger partial charge in [-0.1, -0.05) is 6.07 Å². The number of carboxylic acids is 2. The summed E-state index contributed by atoms with van der Waals surface area (Å²) in [5.74, 6) is -3.60. The van der Waals surface area contributed by atoms with Crippen LogP contribution < -0.4 is 0 Å². The molecule has 122 valence electrons. The van der Waals surface area contributed by atoms with Crippen molar-refractivity contribution in [3.05, 3.63) is 46.9 Å². The molecule has 0 radical (unpaired) electrons. The summed E-state index contributed by atoms with van der Waals surface area (Å²) in [6, 6.07) is 4.14. The van der Waals surface area contributed by atoms with Gasteiger partial charge in [0.2, 0.25) is 0 Å². The van der Waals surface area contributed by atoms with Crippen LogP contribution in [0.5, 0.6) is 5.75 Å². The van der Waals surface area contributed by atoms with Gasteiger partial charge in [0.25, 0.3) is 0 Å². The number of carboxylic acid groups (broad SMARTS) is 2. The van der Waals surface area contributed by atoms with E-state index in [1.165, 1.54) is 18.2 Å². The molecule has 0 aromatic heterocycles. The number of phenols is 1. The van der Waals surface area contributed by atoms with Gasteiger partial charge in [-0.25, -0.2) is 0 Å². The van der Waals surface area contributed by atoms with Crippen molar-refractivity contribution in [2.24, 2.45) is 5.92 Å². The number of phenolic OH excluding ortho intramolecular Hbond substituents is 1. The Morgan fingerprint density at radius 2 is 1.78 bits per heavy atom. The molecule has 1 aromatic carbocycles. The number of hydrogen-bond acceptors (Lipinski definition) is 5. The largest absolute Gasteiger partial charge is 0.512 e. The second-order valence-corrected chi connectivity index (χ2v) is 5.36. The van der Waals surface area contributed by atoms with Crippen molar-refractivity contribution in [2.45, 2.75) is 19.3 Å². The van der Waals surface area contributed by atoms with E-state index in [2.05, 4.69) is 0 Å². The molecule has 0 saturated carbocycles. The van der Waals surface area contributed by atoms with Gasteiger partial charge >= 0.3 is 11.9 Å². The summed E-state index contributed by atoms with van der Waals surface area (Å²) in [6.45, 7) is 0. The quantitative estimate of drug-likeness (QED) is 0.561. The van der Waals surface area contributed by atoms with Crippen LogP contribution in [-0.2, 0) is 16.0 Å². The Morgan fingerprint density at radius 1 is 1.09 bits per heavy atom. The van der Waals surface area contributed by atoms with Crippen molar-refractivity contribution in [3.63, 3.8) is 0 Å². The fraction of sp³-hybridized carbons (Fsp3) is 0.250. The monoisotopic (exact) mass is 320 g/mol. The standard InChI is InChI=1S/C16H16O7/c17-10-5-9(6-15(22)23)16(13(19)7-10)11-3-8(4-14(20)21)1-2-12(11)18/h1-3,7,9,17-19H,4-6H2,(H,20,21)(H,22,23). The van der Waals surface area contributed by atoms with Crippen LogP contribution in [0.4, 0.5) is 0 Å². The molecule has 7 nitrogen and oxygen atoms in total. The molecular weight excluding hydrogens is 304 g/mol. The normalized spacial score (nSPS) is 17.7. The van der Waals surface area contributed by atoms with Gasteiger partial charge in [0.05, 0.1) is 18.6 Å². The van der Waals surface area contributed by atoms with Gasteiger partial charge in [-0.2, -0.15) is 0 Å². The van der Waals surface area contributed by atoms with Crippen molar-refractivity contribution < 1.29 is 35.1 Å². The van der Waals surface area contributed by atoms with Gasteiger partial charge < -0.3 is 25.5 Å². The lowest BCUT2D eigenvalue weighted by atomic mass is 9.82. The topological polar surface area (TPSA) is 135 Å². The lowest BCUT2D eigenvalue weighted by Gasteiger charge is -2.24. The first-order valence-electron chi connectivity index (χ1n) is 6.86. The molecule has 0 spiro atoms. The highest BCUT2D eigenvalue weighted by molar-refractivity contribution is 5.81. The van der Waals surface area contributed by atoms with Gasteiger partial charge in [-0.05, 0) is 17.7 Å². The molecule has 1 aliphatic carbocycles. The predicted molar refractivity (Wildman–Crippen MR) is 80.1 cm³/mol. The smallest absolute Gasteiger partial charge is 0.307 e. The lowest BCUT2D eigenvalue weighted by molar-refractivity contribution is -0.138. The zero-order valence-corrected chi connectivity index (χ0v) is 12.1. The Labute approximate surface area is 131 Å². The molecule has 1 atom stereocenters. The number of aliphatic carboxylic acids is 2.